The van der Waals surface area contributed by atoms with Crippen LogP contribution in [-0.4, -0.2) is 16.3 Å². The van der Waals surface area contributed by atoms with Gasteiger partial charge in [-0.2, -0.15) is 5.10 Å². The number of aromatic nitrogens is 2. The van der Waals surface area contributed by atoms with E-state index in [-0.39, 0.29) is 0 Å². The minimum absolute atomic E-state index is 0.808. The summed E-state index contributed by atoms with van der Waals surface area (Å²) in [6.07, 6.45) is 0.864. The lowest BCUT2D eigenvalue weighted by Crippen LogP contribution is -2.25. The maximum atomic E-state index is 6.22. The van der Waals surface area contributed by atoms with E-state index in [0.29, 0.717) is 0 Å². The van der Waals surface area contributed by atoms with Gasteiger partial charge in [-0.15, -0.1) is 0 Å². The first-order valence-corrected chi connectivity index (χ1v) is 6.77. The van der Waals surface area contributed by atoms with Crippen molar-refractivity contribution in [2.24, 2.45) is 7.05 Å². The first-order valence-electron chi connectivity index (χ1n) is 6.77. The SMILES string of the molecule is CCc1nn(C)c(N(CC)Cc2ccccc2)c1N. The molecule has 2 N–H and O–H groups in total. The van der Waals surface area contributed by atoms with Crippen molar-refractivity contribution in [3.8, 4) is 0 Å². The lowest BCUT2D eigenvalue weighted by Gasteiger charge is -2.23. The fraction of sp³-hybridized carbons (Fsp3) is 0.400. The number of nitrogen functional groups attached to an aromatic ring is 1. The summed E-state index contributed by atoms with van der Waals surface area (Å²) in [6, 6.07) is 10.4. The minimum Gasteiger partial charge on any atom is -0.394 e. The second kappa shape index (κ2) is 5.78. The van der Waals surface area contributed by atoms with E-state index in [0.717, 1.165) is 36.7 Å². The highest BCUT2D eigenvalue weighted by molar-refractivity contribution is 5.66. The van der Waals surface area contributed by atoms with Crippen LogP contribution in [0.3, 0.4) is 0 Å². The molecule has 0 fully saturated rings. The highest BCUT2D eigenvalue weighted by Crippen LogP contribution is 2.27. The highest BCUT2D eigenvalue weighted by Gasteiger charge is 2.17. The van der Waals surface area contributed by atoms with Gasteiger partial charge in [-0.05, 0) is 18.9 Å². The molecule has 1 heterocycles. The van der Waals surface area contributed by atoms with Crippen LogP contribution >= 0.6 is 0 Å². The minimum atomic E-state index is 0.808. The summed E-state index contributed by atoms with van der Waals surface area (Å²) in [5.41, 5.74) is 9.28. The first-order chi connectivity index (χ1) is 9.17. The molecule has 2 rings (SSSR count). The van der Waals surface area contributed by atoms with Crippen LogP contribution in [0, 0.1) is 0 Å². The van der Waals surface area contributed by atoms with Crippen LogP contribution in [0.1, 0.15) is 25.1 Å². The third-order valence-electron chi connectivity index (χ3n) is 3.36. The van der Waals surface area contributed by atoms with Gasteiger partial charge in [-0.25, -0.2) is 0 Å². The predicted octanol–water partition coefficient (Wildman–Crippen LogP) is 2.59. The zero-order valence-corrected chi connectivity index (χ0v) is 11.9. The Hall–Kier alpha value is -1.97. The van der Waals surface area contributed by atoms with E-state index in [1.54, 1.807) is 0 Å². The average molecular weight is 258 g/mol. The Labute approximate surface area is 114 Å². The van der Waals surface area contributed by atoms with Crippen LogP contribution in [0.2, 0.25) is 0 Å². The molecule has 0 saturated heterocycles. The fourth-order valence-corrected chi connectivity index (χ4v) is 2.36. The van der Waals surface area contributed by atoms with Crippen molar-refractivity contribution in [1.29, 1.82) is 0 Å². The Morgan fingerprint density at radius 3 is 2.42 bits per heavy atom. The summed E-state index contributed by atoms with van der Waals surface area (Å²) >= 11 is 0. The Morgan fingerprint density at radius 2 is 1.89 bits per heavy atom. The van der Waals surface area contributed by atoms with Crippen LogP contribution < -0.4 is 10.6 Å². The highest BCUT2D eigenvalue weighted by atomic mass is 15.4. The summed E-state index contributed by atoms with van der Waals surface area (Å²) < 4.78 is 1.89. The molecule has 0 amide bonds. The Bertz CT molecular complexity index is 531. The standard InChI is InChI=1S/C15H22N4/c1-4-13-14(16)15(18(3)17-13)19(5-2)11-12-9-7-6-8-10-12/h6-10H,4-5,11,16H2,1-3H3. The molecule has 0 atom stereocenters. The first kappa shape index (κ1) is 13.5. The van der Waals surface area contributed by atoms with E-state index in [2.05, 4.69) is 48.1 Å². The van der Waals surface area contributed by atoms with E-state index in [1.165, 1.54) is 5.56 Å². The molecule has 0 radical (unpaired) electrons. The molecule has 1 aromatic heterocycles. The summed E-state index contributed by atoms with van der Waals surface area (Å²) in [6.45, 7) is 5.98. The van der Waals surface area contributed by atoms with Crippen molar-refractivity contribution >= 4 is 11.5 Å². The Morgan fingerprint density at radius 1 is 1.21 bits per heavy atom. The quantitative estimate of drug-likeness (QED) is 0.896. The smallest absolute Gasteiger partial charge is 0.150 e. The molecule has 0 unspecified atom stereocenters. The second-order valence-corrected chi connectivity index (χ2v) is 4.66. The summed E-state index contributed by atoms with van der Waals surface area (Å²) in [4.78, 5) is 2.26. The topological polar surface area (TPSA) is 47.1 Å². The molecule has 2 aromatic rings. The second-order valence-electron chi connectivity index (χ2n) is 4.66. The number of hydrogen-bond donors (Lipinski definition) is 1. The summed E-state index contributed by atoms with van der Waals surface area (Å²) in [7, 11) is 1.96. The lowest BCUT2D eigenvalue weighted by atomic mass is 10.2. The molecule has 0 aliphatic carbocycles. The molecular formula is C15H22N4. The number of rotatable bonds is 5. The van der Waals surface area contributed by atoms with Crippen molar-refractivity contribution in [3.63, 3.8) is 0 Å². The van der Waals surface area contributed by atoms with Gasteiger partial charge in [0, 0.05) is 20.1 Å². The molecular weight excluding hydrogens is 236 g/mol. The molecule has 1 aromatic carbocycles. The van der Waals surface area contributed by atoms with Gasteiger partial charge in [-0.1, -0.05) is 37.3 Å². The molecule has 102 valence electrons. The zero-order valence-electron chi connectivity index (χ0n) is 11.9. The van der Waals surface area contributed by atoms with Crippen LogP contribution in [-0.2, 0) is 20.0 Å². The maximum absolute atomic E-state index is 6.22. The van der Waals surface area contributed by atoms with Crippen LogP contribution in [0.25, 0.3) is 0 Å². The number of hydrogen-bond acceptors (Lipinski definition) is 3. The number of aryl methyl sites for hydroxylation is 2. The third kappa shape index (κ3) is 2.72. The molecule has 0 aliphatic rings. The molecule has 19 heavy (non-hydrogen) atoms. The van der Waals surface area contributed by atoms with Crippen molar-refractivity contribution in [1.82, 2.24) is 9.78 Å². The number of nitrogens with zero attached hydrogens (tertiary/aromatic N) is 3. The maximum Gasteiger partial charge on any atom is 0.150 e. The van der Waals surface area contributed by atoms with Gasteiger partial charge in [0.1, 0.15) is 0 Å². The fourth-order valence-electron chi connectivity index (χ4n) is 2.36. The van der Waals surface area contributed by atoms with Crippen molar-refractivity contribution in [2.45, 2.75) is 26.8 Å². The Kier molecular flexibility index (Phi) is 4.10. The molecule has 4 nitrogen and oxygen atoms in total. The van der Waals surface area contributed by atoms with Crippen molar-refractivity contribution in [2.75, 3.05) is 17.2 Å². The van der Waals surface area contributed by atoms with Gasteiger partial charge < -0.3 is 10.6 Å². The molecule has 4 heteroatoms. The third-order valence-corrected chi connectivity index (χ3v) is 3.36. The van der Waals surface area contributed by atoms with Crippen LogP contribution in [0.15, 0.2) is 30.3 Å². The van der Waals surface area contributed by atoms with Crippen molar-refractivity contribution < 1.29 is 0 Å². The van der Waals surface area contributed by atoms with Gasteiger partial charge in [0.05, 0.1) is 11.4 Å². The number of nitrogens with two attached hydrogens (primary N) is 1. The van der Waals surface area contributed by atoms with Gasteiger partial charge >= 0.3 is 0 Å². The Balaban J connectivity index is 2.30. The van der Waals surface area contributed by atoms with Gasteiger partial charge in [0.15, 0.2) is 5.82 Å². The predicted molar refractivity (Wildman–Crippen MR) is 80.2 cm³/mol. The average Bonchev–Trinajstić information content (AvgIpc) is 2.72. The van der Waals surface area contributed by atoms with Gasteiger partial charge in [0.25, 0.3) is 0 Å². The van der Waals surface area contributed by atoms with E-state index in [1.807, 2.05) is 17.8 Å². The molecule has 0 saturated carbocycles. The molecule has 0 spiro atoms. The van der Waals surface area contributed by atoms with E-state index in [9.17, 15) is 0 Å². The van der Waals surface area contributed by atoms with E-state index < -0.39 is 0 Å². The van der Waals surface area contributed by atoms with E-state index >= 15 is 0 Å². The zero-order chi connectivity index (χ0) is 13.8. The summed E-state index contributed by atoms with van der Waals surface area (Å²) in [5, 5.41) is 4.49. The largest absolute Gasteiger partial charge is 0.394 e. The monoisotopic (exact) mass is 258 g/mol. The van der Waals surface area contributed by atoms with Crippen LogP contribution in [0.5, 0.6) is 0 Å². The number of benzene rings is 1. The van der Waals surface area contributed by atoms with Gasteiger partial charge in [-0.3, -0.25) is 4.68 Å². The lowest BCUT2D eigenvalue weighted by molar-refractivity contribution is 0.701. The summed E-state index contributed by atoms with van der Waals surface area (Å²) in [5.74, 6) is 1.02. The van der Waals surface area contributed by atoms with Crippen LogP contribution in [0.4, 0.5) is 11.5 Å². The van der Waals surface area contributed by atoms with E-state index in [4.69, 9.17) is 5.73 Å². The number of anilines is 2. The molecule has 0 aliphatic heterocycles. The van der Waals surface area contributed by atoms with Gasteiger partial charge in [0.2, 0.25) is 0 Å². The molecule has 0 bridgehead atoms. The normalized spacial score (nSPS) is 10.7. The van der Waals surface area contributed by atoms with Crippen molar-refractivity contribution in [3.05, 3.63) is 41.6 Å².